The number of phosphoric ester groups is 1. The average molecular weight is 851 g/mol. The first-order valence-electron chi connectivity index (χ1n) is 18.6. The molecule has 0 aromatic carbocycles. The summed E-state index contributed by atoms with van der Waals surface area (Å²) >= 11 is 4.88. The molecule has 0 spiro atoms. The molecule has 0 N–H and O–H groups in total. The maximum Gasteiger partial charge on any atom is 0.192 e. The predicted molar refractivity (Wildman–Crippen MR) is 210 cm³/mol. The van der Waals surface area contributed by atoms with E-state index in [-0.39, 0.29) is 74.1 Å². The SMILES string of the molecule is [B][C@H]1CC(OC(C)C)[C@@H](CS)O1.[B][C@H]1CC(OC(C)C)[C@@H](CSP(=O)([O-])OC2C[C@H]([B])O[C@@H]2COC(C)C)O1.[B][C@H]1CC(OP(=O)([O-])[O-])[C@@H](COC(C)C)O1. The fourth-order valence-corrected chi connectivity index (χ4v) is 9.52. The molecule has 55 heavy (non-hydrogen) atoms. The fraction of sp³-hybridized carbons (Fsp3) is 1.00. The molecule has 4 rings (SSSR count). The van der Waals surface area contributed by atoms with Crippen molar-refractivity contribution in [1.29, 1.82) is 0 Å². The van der Waals surface area contributed by atoms with E-state index >= 15 is 0 Å². The van der Waals surface area contributed by atoms with E-state index < -0.39 is 63.2 Å². The lowest BCUT2D eigenvalue weighted by molar-refractivity contribution is -0.345. The van der Waals surface area contributed by atoms with E-state index in [0.717, 1.165) is 6.42 Å². The minimum absolute atomic E-state index is 0.00104. The molecule has 15 nitrogen and oxygen atoms in total. The van der Waals surface area contributed by atoms with Crippen molar-refractivity contribution in [3.63, 3.8) is 0 Å². The van der Waals surface area contributed by atoms with Gasteiger partial charge < -0.3 is 66.2 Å². The van der Waals surface area contributed by atoms with E-state index in [2.05, 4.69) is 17.2 Å². The van der Waals surface area contributed by atoms with Crippen LogP contribution in [-0.4, -0.2) is 153 Å². The van der Waals surface area contributed by atoms with Crippen molar-refractivity contribution in [2.45, 2.75) is 178 Å². The van der Waals surface area contributed by atoms with Crippen LogP contribution in [0.25, 0.3) is 0 Å². The van der Waals surface area contributed by atoms with Crippen molar-refractivity contribution in [1.82, 2.24) is 0 Å². The van der Waals surface area contributed by atoms with Crippen LogP contribution in [0.2, 0.25) is 0 Å². The van der Waals surface area contributed by atoms with Crippen LogP contribution in [-0.2, 0) is 56.1 Å². The molecule has 8 radical (unpaired) electrons. The van der Waals surface area contributed by atoms with E-state index in [1.54, 1.807) is 0 Å². The summed E-state index contributed by atoms with van der Waals surface area (Å²) in [6, 6.07) is -1.82. The molecule has 13 atom stereocenters. The van der Waals surface area contributed by atoms with Crippen molar-refractivity contribution in [3.05, 3.63) is 0 Å². The Balaban J connectivity index is 0.000000315. The Labute approximate surface area is 342 Å². The number of ether oxygens (including phenoxy) is 8. The number of hydrogen-bond acceptors (Lipinski definition) is 17. The Morgan fingerprint density at radius 2 is 0.964 bits per heavy atom. The van der Waals surface area contributed by atoms with Crippen LogP contribution in [0.4, 0.5) is 0 Å². The summed E-state index contributed by atoms with van der Waals surface area (Å²) in [6.45, 7) is 11.5. The Kier molecular flexibility index (Phi) is 23.6. The van der Waals surface area contributed by atoms with Crippen LogP contribution in [0.1, 0.15) is 81.1 Å². The molecule has 0 bridgehead atoms. The molecule has 4 heterocycles. The van der Waals surface area contributed by atoms with Gasteiger partial charge in [0.2, 0.25) is 0 Å². The summed E-state index contributed by atoms with van der Waals surface area (Å²) in [5.41, 5.74) is 0. The molecule has 23 heteroatoms. The summed E-state index contributed by atoms with van der Waals surface area (Å²) in [4.78, 5) is 33.4. The van der Waals surface area contributed by atoms with E-state index in [1.165, 1.54) is 0 Å². The molecule has 4 aliphatic rings. The second kappa shape index (κ2) is 25.0. The molecule has 0 aliphatic carbocycles. The van der Waals surface area contributed by atoms with Crippen molar-refractivity contribution in [2.24, 2.45) is 0 Å². The van der Waals surface area contributed by atoms with Crippen molar-refractivity contribution in [3.8, 4) is 0 Å². The first-order valence-corrected chi connectivity index (χ1v) is 23.8. The Bertz CT molecular complexity index is 1180. The smallest absolute Gasteiger partial charge is 0.192 e. The lowest BCUT2D eigenvalue weighted by Crippen LogP contribution is -2.32. The second-order valence-electron chi connectivity index (χ2n) is 14.7. The fourth-order valence-electron chi connectivity index (χ4n) is 5.90. The molecular formula is C32H57B4O15P2S2-3. The van der Waals surface area contributed by atoms with Crippen LogP contribution >= 0.6 is 38.6 Å². The standard InChI is InChI=1S/C16H29B2O7PS.C8H16BO6P.C8H15BO2S/c1-9(2)21-7-13-12(6-16(18)23-13)25-26(19,20)27-8-14-11(22-10(3)4)5-15(17)24-14;1-5(2)13-4-7-6(3-8(9)14-7)15-16(10,11)12;1-5(2)10-6-3-8(9)11-7(6)4-12/h9-16H,5-8H2,1-4H3,(H,19,20);5-8H,3-4H2,1-2H3,(H2,10,11,12);5-8,12H,3-4H2,1-2H3/p-3/t11?,12?,13-,14-,15-,16-;2*6?,7-,8-/m111/s1. The minimum Gasteiger partial charge on any atom is -0.790 e. The zero-order valence-corrected chi connectivity index (χ0v) is 36.6. The highest BCUT2D eigenvalue weighted by molar-refractivity contribution is 8.54. The van der Waals surface area contributed by atoms with Gasteiger partial charge in [0.25, 0.3) is 0 Å². The number of hydrogen-bond donors (Lipinski definition) is 1. The van der Waals surface area contributed by atoms with Crippen molar-refractivity contribution in [2.75, 3.05) is 24.7 Å². The highest BCUT2D eigenvalue weighted by Gasteiger charge is 2.39. The summed E-state index contributed by atoms with van der Waals surface area (Å²) in [7, 11) is 17.7. The third-order valence-corrected chi connectivity index (χ3v) is 12.0. The molecule has 0 amide bonds. The van der Waals surface area contributed by atoms with E-state index in [1.807, 2.05) is 55.4 Å². The number of rotatable bonds is 18. The first kappa shape index (κ1) is 52.0. The van der Waals surface area contributed by atoms with Gasteiger partial charge in [-0.05, 0) is 81.1 Å². The molecule has 312 valence electrons. The topological polar surface area (TPSA) is 196 Å². The summed E-state index contributed by atoms with van der Waals surface area (Å²) in [6.07, 6.45) is -1.11. The maximum atomic E-state index is 12.4. The number of thiol groups is 1. The normalized spacial score (nSPS) is 34.9. The van der Waals surface area contributed by atoms with Gasteiger partial charge in [0, 0.05) is 35.5 Å². The molecule has 4 aliphatic heterocycles. The Morgan fingerprint density at radius 3 is 1.35 bits per heavy atom. The Hall–Kier alpha value is 0.900. The summed E-state index contributed by atoms with van der Waals surface area (Å²) in [5.74, 6) is 0.851. The van der Waals surface area contributed by atoms with Gasteiger partial charge in [0.1, 0.15) is 43.6 Å². The van der Waals surface area contributed by atoms with Gasteiger partial charge in [-0.3, -0.25) is 4.57 Å². The minimum atomic E-state index is -5.02. The Morgan fingerprint density at radius 1 is 0.600 bits per heavy atom. The van der Waals surface area contributed by atoms with Gasteiger partial charge in [0.15, 0.2) is 6.80 Å². The average Bonchev–Trinajstić information content (AvgIpc) is 3.77. The van der Waals surface area contributed by atoms with E-state index in [0.29, 0.717) is 30.0 Å². The monoisotopic (exact) mass is 851 g/mol. The molecule has 4 saturated heterocycles. The van der Waals surface area contributed by atoms with Gasteiger partial charge in [0.05, 0.1) is 82.1 Å². The van der Waals surface area contributed by atoms with Crippen LogP contribution in [0.5, 0.6) is 0 Å². The molecule has 5 unspecified atom stereocenters. The summed E-state index contributed by atoms with van der Waals surface area (Å²) < 4.78 is 76.6. The van der Waals surface area contributed by atoms with Gasteiger partial charge >= 0.3 is 0 Å². The summed E-state index contributed by atoms with van der Waals surface area (Å²) in [5, 5.41) is 0. The lowest BCUT2D eigenvalue weighted by Gasteiger charge is -2.33. The zero-order valence-electron chi connectivity index (χ0n) is 33.1. The predicted octanol–water partition coefficient (Wildman–Crippen LogP) is 1.26. The quantitative estimate of drug-likeness (QED) is 0.118. The van der Waals surface area contributed by atoms with E-state index in [4.69, 9.17) is 73.8 Å². The first-order chi connectivity index (χ1) is 25.5. The molecule has 0 aromatic heterocycles. The molecule has 0 aromatic rings. The zero-order chi connectivity index (χ0) is 41.7. The largest absolute Gasteiger partial charge is 0.790 e. The lowest BCUT2D eigenvalue weighted by atomic mass is 9.96. The van der Waals surface area contributed by atoms with E-state index in [9.17, 15) is 23.8 Å². The van der Waals surface area contributed by atoms with Crippen molar-refractivity contribution < 1.29 is 70.8 Å². The van der Waals surface area contributed by atoms with Gasteiger partial charge in [-0.15, -0.1) is 0 Å². The van der Waals surface area contributed by atoms with Crippen LogP contribution in [0, 0.1) is 0 Å². The van der Waals surface area contributed by atoms with Gasteiger partial charge in [-0.1, -0.05) is 11.4 Å². The van der Waals surface area contributed by atoms with Crippen LogP contribution < -0.4 is 14.7 Å². The number of phosphoric acid groups is 1. The van der Waals surface area contributed by atoms with Gasteiger partial charge in [-0.25, -0.2) is 0 Å². The maximum absolute atomic E-state index is 12.4. The highest BCUT2D eigenvalue weighted by Crippen LogP contribution is 2.55. The van der Waals surface area contributed by atoms with Crippen molar-refractivity contribution >= 4 is 70.0 Å². The third kappa shape index (κ3) is 21.3. The highest BCUT2D eigenvalue weighted by atomic mass is 32.7. The van der Waals surface area contributed by atoms with Gasteiger partial charge in [-0.2, -0.15) is 12.6 Å². The second-order valence-corrected chi connectivity index (χ2v) is 19.9. The van der Waals surface area contributed by atoms with Crippen LogP contribution in [0.3, 0.4) is 0 Å². The third-order valence-electron chi connectivity index (χ3n) is 8.10. The van der Waals surface area contributed by atoms with Crippen LogP contribution in [0.15, 0.2) is 0 Å². The molecule has 4 fully saturated rings. The molecular weight excluding hydrogens is 794 g/mol. The molecule has 0 saturated carbocycles.